The van der Waals surface area contributed by atoms with Crippen LogP contribution in [0.4, 0.5) is 0 Å². The zero-order chi connectivity index (χ0) is 17.7. The molecule has 0 amide bonds. The molecule has 0 aromatic carbocycles. The van der Waals surface area contributed by atoms with Crippen molar-refractivity contribution in [3.8, 4) is 0 Å². The van der Waals surface area contributed by atoms with Crippen molar-refractivity contribution in [2.45, 2.75) is 123 Å². The summed E-state index contributed by atoms with van der Waals surface area (Å²) in [7, 11) is 1.75. The van der Waals surface area contributed by atoms with E-state index < -0.39 is 0 Å². The molecule has 0 radical (unpaired) electrons. The van der Waals surface area contributed by atoms with E-state index in [1.807, 2.05) is 6.26 Å². The van der Waals surface area contributed by atoms with Crippen molar-refractivity contribution >= 4 is 0 Å². The maximum absolute atomic E-state index is 5.07. The Kier molecular flexibility index (Phi) is 20.2. The van der Waals surface area contributed by atoms with Gasteiger partial charge in [-0.05, 0) is 18.4 Å². The molecule has 144 valence electrons. The highest BCUT2D eigenvalue weighted by Crippen LogP contribution is 2.22. The van der Waals surface area contributed by atoms with Gasteiger partial charge in [0.1, 0.15) is 0 Å². The molecule has 0 heterocycles. The SMILES string of the molecule is CCCCCCCCCC(C/C=C/OC)CCCCCCCCC. The minimum Gasteiger partial charge on any atom is -0.505 e. The third-order valence-electron chi connectivity index (χ3n) is 5.13. The summed E-state index contributed by atoms with van der Waals surface area (Å²) in [5.74, 6) is 0.877. The molecule has 1 heteroatoms. The van der Waals surface area contributed by atoms with Crippen molar-refractivity contribution < 1.29 is 4.74 Å². The fraction of sp³-hybridized carbons (Fsp3) is 0.913. The van der Waals surface area contributed by atoms with Crippen LogP contribution in [0, 0.1) is 5.92 Å². The zero-order valence-corrected chi connectivity index (χ0v) is 17.2. The quantitative estimate of drug-likeness (QED) is 0.169. The van der Waals surface area contributed by atoms with Gasteiger partial charge in [-0.15, -0.1) is 0 Å². The average Bonchev–Trinajstić information content (AvgIpc) is 2.59. The second-order valence-electron chi connectivity index (χ2n) is 7.53. The van der Waals surface area contributed by atoms with Gasteiger partial charge >= 0.3 is 0 Å². The van der Waals surface area contributed by atoms with Crippen molar-refractivity contribution in [1.29, 1.82) is 0 Å². The first-order chi connectivity index (χ1) is 11.8. The second-order valence-corrected chi connectivity index (χ2v) is 7.53. The Balaban J connectivity index is 3.70. The van der Waals surface area contributed by atoms with Crippen molar-refractivity contribution in [3.63, 3.8) is 0 Å². The van der Waals surface area contributed by atoms with Crippen LogP contribution in [-0.4, -0.2) is 7.11 Å². The molecule has 0 aromatic rings. The van der Waals surface area contributed by atoms with Gasteiger partial charge in [0, 0.05) is 0 Å². The highest BCUT2D eigenvalue weighted by atomic mass is 16.5. The lowest BCUT2D eigenvalue weighted by Crippen LogP contribution is -2.00. The topological polar surface area (TPSA) is 9.23 Å². The standard InChI is InChI=1S/C23H46O/c1-4-6-8-10-12-14-16-19-23(21-18-22-24-3)20-17-15-13-11-9-7-5-2/h18,22-23H,4-17,19-21H2,1-3H3/b22-18+. The highest BCUT2D eigenvalue weighted by Gasteiger charge is 2.07. The molecule has 0 atom stereocenters. The van der Waals surface area contributed by atoms with Crippen molar-refractivity contribution in [3.05, 3.63) is 12.3 Å². The summed E-state index contributed by atoms with van der Waals surface area (Å²) < 4.78 is 5.07. The van der Waals surface area contributed by atoms with Crippen LogP contribution in [0.25, 0.3) is 0 Å². The summed E-state index contributed by atoms with van der Waals surface area (Å²) in [5, 5.41) is 0. The maximum Gasteiger partial charge on any atom is 0.0784 e. The summed E-state index contributed by atoms with van der Waals surface area (Å²) in [6, 6.07) is 0. The molecule has 24 heavy (non-hydrogen) atoms. The van der Waals surface area contributed by atoms with Gasteiger partial charge in [0.15, 0.2) is 0 Å². The Morgan fingerprint density at radius 2 is 1.04 bits per heavy atom. The van der Waals surface area contributed by atoms with E-state index in [2.05, 4.69) is 19.9 Å². The van der Waals surface area contributed by atoms with Gasteiger partial charge in [0.2, 0.25) is 0 Å². The summed E-state index contributed by atoms with van der Waals surface area (Å²) in [5.41, 5.74) is 0. The molecule has 0 aromatic heterocycles. The van der Waals surface area contributed by atoms with E-state index in [1.165, 1.54) is 109 Å². The summed E-state index contributed by atoms with van der Waals surface area (Å²) in [6.07, 6.45) is 28.0. The van der Waals surface area contributed by atoms with Crippen LogP contribution in [0.3, 0.4) is 0 Å². The molecule has 0 bridgehead atoms. The molecular formula is C23H46O. The van der Waals surface area contributed by atoms with Crippen LogP contribution in [-0.2, 0) is 4.74 Å². The number of unbranched alkanes of at least 4 members (excludes halogenated alkanes) is 12. The van der Waals surface area contributed by atoms with Gasteiger partial charge in [0.25, 0.3) is 0 Å². The van der Waals surface area contributed by atoms with Crippen LogP contribution in [0.2, 0.25) is 0 Å². The average molecular weight is 339 g/mol. The Labute approximate surface area is 153 Å². The van der Waals surface area contributed by atoms with Crippen molar-refractivity contribution in [2.24, 2.45) is 5.92 Å². The van der Waals surface area contributed by atoms with Crippen molar-refractivity contribution in [2.75, 3.05) is 7.11 Å². The van der Waals surface area contributed by atoms with Gasteiger partial charge in [-0.2, -0.15) is 0 Å². The molecule has 0 aliphatic heterocycles. The van der Waals surface area contributed by atoms with Gasteiger partial charge in [-0.25, -0.2) is 0 Å². The van der Waals surface area contributed by atoms with Crippen LogP contribution in [0.1, 0.15) is 123 Å². The molecule has 0 saturated heterocycles. The van der Waals surface area contributed by atoms with E-state index in [1.54, 1.807) is 7.11 Å². The smallest absolute Gasteiger partial charge is 0.0784 e. The normalized spacial score (nSPS) is 11.7. The third-order valence-corrected chi connectivity index (χ3v) is 5.13. The van der Waals surface area contributed by atoms with Crippen LogP contribution >= 0.6 is 0 Å². The minimum absolute atomic E-state index is 0.877. The van der Waals surface area contributed by atoms with Gasteiger partial charge < -0.3 is 4.74 Å². The van der Waals surface area contributed by atoms with E-state index in [0.717, 1.165) is 5.92 Å². The number of ether oxygens (including phenoxy) is 1. The molecular weight excluding hydrogens is 292 g/mol. The molecule has 0 spiro atoms. The highest BCUT2D eigenvalue weighted by molar-refractivity contribution is 4.77. The summed E-state index contributed by atoms with van der Waals surface area (Å²) in [6.45, 7) is 4.59. The number of hydrogen-bond acceptors (Lipinski definition) is 1. The first kappa shape index (κ1) is 23.5. The van der Waals surface area contributed by atoms with Gasteiger partial charge in [-0.1, -0.05) is 117 Å². The maximum atomic E-state index is 5.07. The fourth-order valence-electron chi connectivity index (χ4n) is 3.50. The second kappa shape index (κ2) is 20.6. The van der Waals surface area contributed by atoms with Crippen molar-refractivity contribution in [1.82, 2.24) is 0 Å². The summed E-state index contributed by atoms with van der Waals surface area (Å²) >= 11 is 0. The molecule has 0 aliphatic rings. The first-order valence-corrected chi connectivity index (χ1v) is 11.0. The van der Waals surface area contributed by atoms with E-state index in [0.29, 0.717) is 0 Å². The molecule has 0 fully saturated rings. The van der Waals surface area contributed by atoms with Crippen LogP contribution in [0.5, 0.6) is 0 Å². The Hall–Kier alpha value is -0.460. The molecule has 0 rings (SSSR count). The van der Waals surface area contributed by atoms with E-state index in [9.17, 15) is 0 Å². The minimum atomic E-state index is 0.877. The molecule has 0 unspecified atom stereocenters. The number of methoxy groups -OCH3 is 1. The van der Waals surface area contributed by atoms with Crippen LogP contribution in [0.15, 0.2) is 12.3 Å². The monoisotopic (exact) mass is 338 g/mol. The predicted octanol–water partition coefficient (Wildman–Crippen LogP) is 8.43. The number of hydrogen-bond donors (Lipinski definition) is 0. The number of allylic oxidation sites excluding steroid dienone is 1. The lowest BCUT2D eigenvalue weighted by molar-refractivity contribution is 0.332. The third kappa shape index (κ3) is 17.9. The molecule has 0 N–H and O–H groups in total. The van der Waals surface area contributed by atoms with E-state index in [-0.39, 0.29) is 0 Å². The van der Waals surface area contributed by atoms with Gasteiger partial charge in [-0.3, -0.25) is 0 Å². The Bertz CT molecular complexity index is 228. The fourth-order valence-corrected chi connectivity index (χ4v) is 3.50. The lowest BCUT2D eigenvalue weighted by Gasteiger charge is -2.15. The van der Waals surface area contributed by atoms with Crippen LogP contribution < -0.4 is 0 Å². The molecule has 0 saturated carbocycles. The number of rotatable bonds is 19. The largest absolute Gasteiger partial charge is 0.505 e. The lowest BCUT2D eigenvalue weighted by atomic mass is 9.91. The predicted molar refractivity (Wildman–Crippen MR) is 109 cm³/mol. The molecule has 1 nitrogen and oxygen atoms in total. The van der Waals surface area contributed by atoms with E-state index in [4.69, 9.17) is 4.74 Å². The molecule has 0 aliphatic carbocycles. The Morgan fingerprint density at radius 3 is 1.46 bits per heavy atom. The van der Waals surface area contributed by atoms with Gasteiger partial charge in [0.05, 0.1) is 13.4 Å². The summed E-state index contributed by atoms with van der Waals surface area (Å²) in [4.78, 5) is 0. The Morgan fingerprint density at radius 1 is 0.625 bits per heavy atom. The van der Waals surface area contributed by atoms with E-state index >= 15 is 0 Å². The first-order valence-electron chi connectivity index (χ1n) is 11.0. The zero-order valence-electron chi connectivity index (χ0n) is 17.2.